The number of H-pyrrole nitrogens is 1. The first-order valence-corrected chi connectivity index (χ1v) is 7.84. The predicted octanol–water partition coefficient (Wildman–Crippen LogP) is 2.48. The lowest BCUT2D eigenvalue weighted by atomic mass is 10.1. The Balaban J connectivity index is 1.93. The van der Waals surface area contributed by atoms with Crippen LogP contribution in [0.5, 0.6) is 0 Å². The average molecular weight is 357 g/mol. The fourth-order valence-corrected chi connectivity index (χ4v) is 2.85. The van der Waals surface area contributed by atoms with E-state index in [1.807, 2.05) is 0 Å². The van der Waals surface area contributed by atoms with Gasteiger partial charge in [-0.25, -0.2) is 13.6 Å². The maximum Gasteiger partial charge on any atom is 0.325 e. The molecule has 9 heteroatoms. The number of nitrogens with one attached hydrogen (secondary N) is 2. The Morgan fingerprint density at radius 1 is 1.23 bits per heavy atom. The molecule has 2 aliphatic rings. The van der Waals surface area contributed by atoms with Gasteiger partial charge in [0.15, 0.2) is 0 Å². The van der Waals surface area contributed by atoms with E-state index in [1.165, 1.54) is 10.8 Å². The smallest absolute Gasteiger partial charge is 0.325 e. The zero-order valence-electron chi connectivity index (χ0n) is 13.6. The summed E-state index contributed by atoms with van der Waals surface area (Å²) in [5, 5.41) is 7.43. The summed E-state index contributed by atoms with van der Waals surface area (Å²) in [5.41, 5.74) is 0.639. The van der Waals surface area contributed by atoms with E-state index in [9.17, 15) is 18.4 Å². The summed E-state index contributed by atoms with van der Waals surface area (Å²) >= 11 is 0. The lowest BCUT2D eigenvalue weighted by Gasteiger charge is -2.00. The second kappa shape index (κ2) is 5.80. The maximum atomic E-state index is 13.5. The fraction of sp³-hybridized carbons (Fsp3) is 0.118. The van der Waals surface area contributed by atoms with Gasteiger partial charge in [0.2, 0.25) is 0 Å². The molecule has 0 spiro atoms. The second-order valence-corrected chi connectivity index (χ2v) is 5.72. The Bertz CT molecular complexity index is 1150. The first-order valence-electron chi connectivity index (χ1n) is 7.84. The third kappa shape index (κ3) is 2.44. The van der Waals surface area contributed by atoms with E-state index in [4.69, 9.17) is 0 Å². The van der Waals surface area contributed by atoms with Crippen molar-refractivity contribution >= 4 is 16.9 Å². The van der Waals surface area contributed by atoms with Crippen molar-refractivity contribution in [2.45, 2.75) is 6.92 Å². The number of hydrogen-bond donors (Lipinski definition) is 2. The third-order valence-corrected chi connectivity index (χ3v) is 3.99. The zero-order valence-corrected chi connectivity index (χ0v) is 13.6. The Hall–Kier alpha value is -3.49. The quantitative estimate of drug-likeness (QED) is 0.578. The number of benzene rings is 1. The van der Waals surface area contributed by atoms with E-state index < -0.39 is 17.2 Å². The first kappa shape index (κ1) is 16.0. The highest BCUT2D eigenvalue weighted by Gasteiger charge is 2.21. The molecule has 4 rings (SSSR count). The van der Waals surface area contributed by atoms with Crippen LogP contribution in [-0.2, 0) is 0 Å². The molecule has 1 amide bonds. The number of halogens is 2. The SMILES string of the molecule is CCNC(=O)n1cc2[nH]cc3c(=O)n(-c4cc(F)cc(F)c4)nc-3c2c1. The molecule has 3 heterocycles. The van der Waals surface area contributed by atoms with Crippen LogP contribution in [0, 0.1) is 11.6 Å². The van der Waals surface area contributed by atoms with Crippen molar-refractivity contribution in [1.29, 1.82) is 0 Å². The minimum atomic E-state index is -0.807. The van der Waals surface area contributed by atoms with Crippen LogP contribution < -0.4 is 10.9 Å². The Labute approximate surface area is 145 Å². The van der Waals surface area contributed by atoms with Crippen LogP contribution in [0.1, 0.15) is 6.92 Å². The summed E-state index contributed by atoms with van der Waals surface area (Å²) in [6.45, 7) is 2.27. The van der Waals surface area contributed by atoms with Crippen molar-refractivity contribution in [2.75, 3.05) is 6.54 Å². The molecular weight excluding hydrogens is 344 g/mol. The van der Waals surface area contributed by atoms with Crippen LogP contribution in [0.15, 0.2) is 41.6 Å². The molecule has 132 valence electrons. The van der Waals surface area contributed by atoms with Crippen molar-refractivity contribution < 1.29 is 13.6 Å². The molecule has 0 radical (unpaired) electrons. The molecule has 7 nitrogen and oxygen atoms in total. The van der Waals surface area contributed by atoms with Gasteiger partial charge in [0.25, 0.3) is 5.56 Å². The molecule has 2 N–H and O–H groups in total. The molecular formula is C17H13F2N5O2. The van der Waals surface area contributed by atoms with Crippen molar-refractivity contribution in [2.24, 2.45) is 0 Å². The largest absolute Gasteiger partial charge is 0.359 e. The summed E-state index contributed by atoms with van der Waals surface area (Å²) in [4.78, 5) is 27.5. The van der Waals surface area contributed by atoms with Crippen molar-refractivity contribution in [3.8, 4) is 16.9 Å². The van der Waals surface area contributed by atoms with Crippen LogP contribution in [-0.4, -0.2) is 31.9 Å². The lowest BCUT2D eigenvalue weighted by molar-refractivity contribution is 0.243. The summed E-state index contributed by atoms with van der Waals surface area (Å²) in [5.74, 6) is -1.61. The zero-order chi connectivity index (χ0) is 18.4. The first-order chi connectivity index (χ1) is 12.5. The molecule has 2 aliphatic heterocycles. The fourth-order valence-electron chi connectivity index (χ4n) is 2.85. The van der Waals surface area contributed by atoms with Crippen LogP contribution in [0.25, 0.3) is 27.8 Å². The maximum absolute atomic E-state index is 13.5. The van der Waals surface area contributed by atoms with Gasteiger partial charge in [-0.3, -0.25) is 9.36 Å². The average Bonchev–Trinajstić information content (AvgIpc) is 3.15. The van der Waals surface area contributed by atoms with Crippen molar-refractivity contribution in [3.05, 3.63) is 58.8 Å². The minimum Gasteiger partial charge on any atom is -0.359 e. The molecule has 0 saturated carbocycles. The molecule has 0 aliphatic carbocycles. The monoisotopic (exact) mass is 357 g/mol. The summed E-state index contributed by atoms with van der Waals surface area (Å²) < 4.78 is 29.2. The van der Waals surface area contributed by atoms with Crippen LogP contribution >= 0.6 is 0 Å². The van der Waals surface area contributed by atoms with Gasteiger partial charge < -0.3 is 10.3 Å². The molecule has 1 aromatic heterocycles. The molecule has 0 unspecified atom stereocenters. The highest BCUT2D eigenvalue weighted by molar-refractivity contribution is 5.95. The van der Waals surface area contributed by atoms with Crippen molar-refractivity contribution in [1.82, 2.24) is 24.6 Å². The number of carbonyl (C=O) groups is 1. The number of amides is 1. The molecule has 26 heavy (non-hydrogen) atoms. The standard InChI is InChI=1S/C17H13F2N5O2/c1-2-20-17(26)23-7-13-14(8-23)21-6-12-15(13)22-24(16(12)25)11-4-9(18)3-10(19)5-11/h3-8,21H,2H2,1H3,(H,20,26). The van der Waals surface area contributed by atoms with E-state index in [0.717, 1.165) is 22.9 Å². The highest BCUT2D eigenvalue weighted by Crippen LogP contribution is 2.26. The molecule has 0 saturated heterocycles. The van der Waals surface area contributed by atoms with Gasteiger partial charge in [0.05, 0.1) is 16.8 Å². The van der Waals surface area contributed by atoms with E-state index in [0.29, 0.717) is 23.1 Å². The normalized spacial score (nSPS) is 11.3. The number of nitrogens with zero attached hydrogens (tertiary/aromatic N) is 3. The molecule has 0 atom stereocenters. The number of carbonyl (C=O) groups excluding carboxylic acids is 1. The van der Waals surface area contributed by atoms with Gasteiger partial charge in [0, 0.05) is 36.6 Å². The summed E-state index contributed by atoms with van der Waals surface area (Å²) in [7, 11) is 0. The highest BCUT2D eigenvalue weighted by atomic mass is 19.1. The lowest BCUT2D eigenvalue weighted by Crippen LogP contribution is -2.26. The van der Waals surface area contributed by atoms with Crippen LogP contribution in [0.2, 0.25) is 0 Å². The summed E-state index contributed by atoms with van der Waals surface area (Å²) in [6, 6.07) is 2.45. The van der Waals surface area contributed by atoms with Crippen molar-refractivity contribution in [3.63, 3.8) is 0 Å². The number of rotatable bonds is 2. The van der Waals surface area contributed by atoms with Crippen LogP contribution in [0.3, 0.4) is 0 Å². The van der Waals surface area contributed by atoms with Gasteiger partial charge in [-0.05, 0) is 19.1 Å². The second-order valence-electron chi connectivity index (χ2n) is 5.72. The van der Waals surface area contributed by atoms with Gasteiger partial charge in [-0.15, -0.1) is 0 Å². The van der Waals surface area contributed by atoms with E-state index in [1.54, 1.807) is 19.3 Å². The third-order valence-electron chi connectivity index (χ3n) is 3.99. The van der Waals surface area contributed by atoms with Gasteiger partial charge in [0.1, 0.15) is 17.3 Å². The topological polar surface area (TPSA) is 84.7 Å². The molecule has 0 fully saturated rings. The van der Waals surface area contributed by atoms with E-state index in [-0.39, 0.29) is 17.3 Å². The Morgan fingerprint density at radius 2 is 1.96 bits per heavy atom. The Kier molecular flexibility index (Phi) is 3.57. The number of aromatic amines is 1. The summed E-state index contributed by atoms with van der Waals surface area (Å²) in [6.07, 6.45) is 4.58. The van der Waals surface area contributed by atoms with Gasteiger partial charge >= 0.3 is 6.03 Å². The van der Waals surface area contributed by atoms with Gasteiger partial charge in [-0.1, -0.05) is 0 Å². The number of aromatic nitrogens is 4. The molecule has 0 bridgehead atoms. The van der Waals surface area contributed by atoms with E-state index >= 15 is 0 Å². The molecule has 1 aromatic carbocycles. The Morgan fingerprint density at radius 3 is 2.65 bits per heavy atom. The van der Waals surface area contributed by atoms with E-state index in [2.05, 4.69) is 15.4 Å². The van der Waals surface area contributed by atoms with Gasteiger partial charge in [-0.2, -0.15) is 9.78 Å². The number of pyridine rings is 1. The molecule has 2 aromatic rings. The van der Waals surface area contributed by atoms with Crippen LogP contribution in [0.4, 0.5) is 13.6 Å². The predicted molar refractivity (Wildman–Crippen MR) is 90.7 cm³/mol. The number of hydrogen-bond acceptors (Lipinski definition) is 3. The minimum absolute atomic E-state index is 0.0139. The number of fused-ring (bicyclic) bond motifs is 3.